The van der Waals surface area contributed by atoms with Crippen LogP contribution in [0.2, 0.25) is 0 Å². The number of aliphatic hydroxyl groups is 1. The molecule has 1 aliphatic rings. The van der Waals surface area contributed by atoms with E-state index in [2.05, 4.69) is 37.6 Å². The maximum atomic E-state index is 13.2. The summed E-state index contributed by atoms with van der Waals surface area (Å²) in [5.74, 6) is 1.65. The van der Waals surface area contributed by atoms with Crippen LogP contribution in [-0.2, 0) is 10.4 Å². The number of aryl methyl sites for hydroxylation is 2. The van der Waals surface area contributed by atoms with Crippen molar-refractivity contribution in [2.24, 2.45) is 16.3 Å². The molecule has 4 rings (SSSR count). The molecule has 39 heavy (non-hydrogen) atoms. The smallest absolute Gasteiger partial charge is 0.223 e. The van der Waals surface area contributed by atoms with Crippen LogP contribution in [0, 0.1) is 25.2 Å². The molecule has 1 fully saturated rings. The summed E-state index contributed by atoms with van der Waals surface area (Å²) in [4.78, 5) is 22.0. The molecule has 2 atom stereocenters. The lowest BCUT2D eigenvalue weighted by atomic mass is 9.62. The number of rotatable bonds is 9. The molecule has 1 aliphatic carbocycles. The van der Waals surface area contributed by atoms with Crippen molar-refractivity contribution in [3.05, 3.63) is 71.3 Å². The minimum Gasteiger partial charge on any atom is -0.384 e. The topological polar surface area (TPSA) is 133 Å². The van der Waals surface area contributed by atoms with Gasteiger partial charge in [0.05, 0.1) is 5.69 Å². The summed E-state index contributed by atoms with van der Waals surface area (Å²) >= 11 is 0. The quantitative estimate of drug-likeness (QED) is 0.235. The number of carbonyl (C=O) groups excluding carboxylic acids is 1. The van der Waals surface area contributed by atoms with Crippen LogP contribution in [0.5, 0.6) is 0 Å². The largest absolute Gasteiger partial charge is 0.384 e. The molecule has 3 heterocycles. The van der Waals surface area contributed by atoms with Crippen molar-refractivity contribution < 1.29 is 9.90 Å². The highest BCUT2D eigenvalue weighted by Crippen LogP contribution is 2.49. The molecule has 0 unspecified atom stereocenters. The third kappa shape index (κ3) is 6.69. The fourth-order valence-electron chi connectivity index (χ4n) is 5.26. The number of allylic oxidation sites excluding steroid dienone is 2. The van der Waals surface area contributed by atoms with Crippen LogP contribution in [0.1, 0.15) is 57.0 Å². The summed E-state index contributed by atoms with van der Waals surface area (Å²) in [6.07, 6.45) is 8.61. The molecule has 0 radical (unpaired) electrons. The highest BCUT2D eigenvalue weighted by Gasteiger charge is 2.48. The second kappa shape index (κ2) is 11.4. The fourth-order valence-corrected chi connectivity index (χ4v) is 5.26. The average molecular weight is 531 g/mol. The zero-order valence-electron chi connectivity index (χ0n) is 23.3. The summed E-state index contributed by atoms with van der Waals surface area (Å²) in [7, 11) is 0. The van der Waals surface area contributed by atoms with Crippen molar-refractivity contribution in [2.75, 3.05) is 11.9 Å². The molecule has 0 spiro atoms. The zero-order valence-corrected chi connectivity index (χ0v) is 23.3. The van der Waals surface area contributed by atoms with Crippen molar-refractivity contribution in [3.63, 3.8) is 0 Å². The Kier molecular flexibility index (Phi) is 8.15. The Hall–Kier alpha value is -4.05. The molecule has 3 aromatic rings. The van der Waals surface area contributed by atoms with E-state index in [9.17, 15) is 9.90 Å². The predicted octanol–water partition coefficient (Wildman–Crippen LogP) is 4.64. The Balaban J connectivity index is 1.41. The maximum Gasteiger partial charge on any atom is 0.223 e. The van der Waals surface area contributed by atoms with Gasteiger partial charge >= 0.3 is 0 Å². The number of carbonyl (C=O) groups is 1. The van der Waals surface area contributed by atoms with E-state index in [1.165, 1.54) is 0 Å². The second-order valence-corrected chi connectivity index (χ2v) is 11.1. The monoisotopic (exact) mass is 530 g/mol. The average Bonchev–Trinajstić information content (AvgIpc) is 3.54. The first-order chi connectivity index (χ1) is 18.5. The molecule has 10 heteroatoms. The highest BCUT2D eigenvalue weighted by molar-refractivity contribution is 5.80. The van der Waals surface area contributed by atoms with Crippen molar-refractivity contribution in [1.29, 1.82) is 0 Å². The molecule has 0 bridgehead atoms. The fraction of sp³-hybridized carbons (Fsp3) is 0.414. The Bertz CT molecular complexity index is 1390. The number of aromatic amines is 1. The number of hydrogen-bond acceptors (Lipinski definition) is 7. The van der Waals surface area contributed by atoms with Gasteiger partial charge in [0.1, 0.15) is 11.4 Å². The first-order valence-electron chi connectivity index (χ1n) is 13.1. The normalized spacial score (nSPS) is 21.4. The minimum atomic E-state index is -1.13. The Morgan fingerprint density at radius 1 is 1.28 bits per heavy atom. The van der Waals surface area contributed by atoms with Gasteiger partial charge in [-0.2, -0.15) is 10.2 Å². The Labute approximate surface area is 229 Å². The molecule has 4 N–H and O–H groups in total. The molecule has 1 saturated carbocycles. The third-order valence-corrected chi connectivity index (χ3v) is 7.22. The summed E-state index contributed by atoms with van der Waals surface area (Å²) in [5.41, 5.74) is 1.94. The van der Waals surface area contributed by atoms with E-state index < -0.39 is 11.0 Å². The van der Waals surface area contributed by atoms with Gasteiger partial charge in [0.25, 0.3) is 0 Å². The molecular formula is C29H38N8O2. The van der Waals surface area contributed by atoms with Gasteiger partial charge in [-0.25, -0.2) is 14.7 Å². The summed E-state index contributed by atoms with van der Waals surface area (Å²) in [5, 5.41) is 29.3. The van der Waals surface area contributed by atoms with Gasteiger partial charge in [-0.15, -0.1) is 0 Å². The Morgan fingerprint density at radius 3 is 2.72 bits per heavy atom. The summed E-state index contributed by atoms with van der Waals surface area (Å²) in [6, 6.07) is 7.56. The number of aromatic nitrogens is 5. The summed E-state index contributed by atoms with van der Waals surface area (Å²) < 4.78 is 1.63. The number of aliphatic imine (C=N–C) groups is 1. The molecule has 206 valence electrons. The first-order valence-corrected chi connectivity index (χ1v) is 13.1. The number of nitrogens with zero attached hydrogens (tertiary/aromatic N) is 5. The van der Waals surface area contributed by atoms with Gasteiger partial charge in [-0.3, -0.25) is 9.89 Å². The van der Waals surface area contributed by atoms with Crippen LogP contribution in [0.3, 0.4) is 0 Å². The van der Waals surface area contributed by atoms with Crippen molar-refractivity contribution in [2.45, 2.75) is 59.5 Å². The van der Waals surface area contributed by atoms with Crippen molar-refractivity contribution in [1.82, 2.24) is 30.3 Å². The highest BCUT2D eigenvalue weighted by atomic mass is 16.3. The van der Waals surface area contributed by atoms with Gasteiger partial charge in [-0.1, -0.05) is 25.5 Å². The van der Waals surface area contributed by atoms with Crippen LogP contribution in [0.4, 0.5) is 11.6 Å². The number of anilines is 2. The van der Waals surface area contributed by atoms with E-state index in [0.717, 1.165) is 16.8 Å². The van der Waals surface area contributed by atoms with E-state index in [1.54, 1.807) is 17.1 Å². The molecule has 10 nitrogen and oxygen atoms in total. The van der Waals surface area contributed by atoms with Gasteiger partial charge in [-0.05, 0) is 82.0 Å². The number of hydrogen-bond donors (Lipinski definition) is 4. The van der Waals surface area contributed by atoms with Crippen molar-refractivity contribution >= 4 is 30.1 Å². The van der Waals surface area contributed by atoms with Gasteiger partial charge < -0.3 is 15.7 Å². The number of pyridine rings is 1. The number of nitrogens with one attached hydrogen (secondary N) is 3. The van der Waals surface area contributed by atoms with Gasteiger partial charge in [0.15, 0.2) is 11.6 Å². The lowest BCUT2D eigenvalue weighted by Gasteiger charge is -2.46. The SMILES string of the molecule is C=N/C(=C\C=C(/C)CNC(=O)[C@@H]1CC[C@@](O)(c2cc(C)cc(Nc3cc(C)[nH]n3)n2)CC1(C)C)n1cccn1. The lowest BCUT2D eigenvalue weighted by Crippen LogP contribution is -2.48. The zero-order chi connectivity index (χ0) is 28.2. The number of amides is 1. The van der Waals surface area contributed by atoms with Crippen LogP contribution in [0.25, 0.3) is 5.82 Å². The molecule has 0 aliphatic heterocycles. The number of H-pyrrole nitrogens is 1. The van der Waals surface area contributed by atoms with Crippen LogP contribution in [-0.4, -0.2) is 49.2 Å². The molecule has 3 aromatic heterocycles. The van der Waals surface area contributed by atoms with Crippen LogP contribution in [0.15, 0.2) is 59.4 Å². The summed E-state index contributed by atoms with van der Waals surface area (Å²) in [6.45, 7) is 14.0. The minimum absolute atomic E-state index is 0.0126. The molecule has 0 saturated heterocycles. The third-order valence-electron chi connectivity index (χ3n) is 7.22. The van der Waals surface area contributed by atoms with E-state index in [-0.39, 0.29) is 11.8 Å². The predicted molar refractivity (Wildman–Crippen MR) is 153 cm³/mol. The maximum absolute atomic E-state index is 13.2. The molecule has 1 amide bonds. The van der Waals surface area contributed by atoms with E-state index in [1.807, 2.05) is 71.0 Å². The van der Waals surface area contributed by atoms with E-state index in [0.29, 0.717) is 49.0 Å². The van der Waals surface area contributed by atoms with Crippen molar-refractivity contribution in [3.8, 4) is 0 Å². The van der Waals surface area contributed by atoms with Crippen LogP contribution >= 0.6 is 0 Å². The van der Waals surface area contributed by atoms with Gasteiger partial charge in [0, 0.05) is 36.6 Å². The lowest BCUT2D eigenvalue weighted by molar-refractivity contribution is -0.137. The first kappa shape index (κ1) is 28.0. The second-order valence-electron chi connectivity index (χ2n) is 11.1. The van der Waals surface area contributed by atoms with E-state index >= 15 is 0 Å². The van der Waals surface area contributed by atoms with E-state index in [4.69, 9.17) is 4.98 Å². The van der Waals surface area contributed by atoms with Crippen LogP contribution < -0.4 is 10.6 Å². The standard InChI is InChI=1S/C29H38N8O2/c1-19(8-9-26(30-6)37-13-7-12-32-37)17-31-27(38)22-10-11-29(39,18-28(22,4)5)23-14-20(2)15-24(33-23)34-25-16-21(3)35-36-25/h7-9,12-16,22,39H,6,10-11,17-18H2,1-5H3,(H,31,38)(H2,33,34,35,36)/b19-8+,26-9+/t22-,29-/m0/s1. The Morgan fingerprint density at radius 2 is 2.08 bits per heavy atom. The van der Waals surface area contributed by atoms with Gasteiger partial charge in [0.2, 0.25) is 5.91 Å². The molecular weight excluding hydrogens is 492 g/mol. The molecule has 0 aromatic carbocycles.